The molecule has 0 N–H and O–H groups in total. The molecule has 0 aliphatic heterocycles. The molecule has 4 heteroatoms. The molecule has 0 aromatic carbocycles. The molecule has 1 unspecified atom stereocenters. The topological polar surface area (TPSA) is 42.9 Å². The average molecular weight is 171 g/mol. The number of nitrogens with zero attached hydrogens (tertiary/aromatic N) is 2. The van der Waals surface area contributed by atoms with Gasteiger partial charge >= 0.3 is 0 Å². The Morgan fingerprint density at radius 2 is 2.09 bits per heavy atom. The second-order valence-corrected chi connectivity index (χ2v) is 2.55. The first-order valence-corrected chi connectivity index (χ1v) is 3.54. The van der Waals surface area contributed by atoms with Crippen molar-refractivity contribution in [3.63, 3.8) is 0 Å². The maximum atomic E-state index is 10.3. The molecule has 0 radical (unpaired) electrons. The van der Waals surface area contributed by atoms with E-state index in [1.54, 1.807) is 19.3 Å². The smallest absolute Gasteiger partial charge is 0.222 e. The summed E-state index contributed by atoms with van der Waals surface area (Å²) in [5.41, 5.74) is 0.782. The van der Waals surface area contributed by atoms with Gasteiger partial charge in [-0.25, -0.2) is 9.97 Å². The molecular formula is C7H7ClN2O. The van der Waals surface area contributed by atoms with Crippen molar-refractivity contribution in [1.29, 1.82) is 0 Å². The fourth-order valence-electron chi connectivity index (χ4n) is 0.636. The second kappa shape index (κ2) is 3.44. The van der Waals surface area contributed by atoms with Gasteiger partial charge in [0.15, 0.2) is 0 Å². The number of halogens is 1. The maximum Gasteiger partial charge on any atom is 0.222 e. The zero-order valence-corrected chi connectivity index (χ0v) is 6.75. The van der Waals surface area contributed by atoms with Crippen molar-refractivity contribution in [2.24, 2.45) is 0 Å². The fraction of sp³-hybridized carbons (Fsp3) is 0.286. The second-order valence-electron chi connectivity index (χ2n) is 2.21. The van der Waals surface area contributed by atoms with Gasteiger partial charge in [-0.05, 0) is 17.2 Å². The van der Waals surface area contributed by atoms with E-state index >= 15 is 0 Å². The van der Waals surface area contributed by atoms with Crippen molar-refractivity contribution in [3.8, 4) is 0 Å². The Morgan fingerprint density at radius 3 is 2.55 bits per heavy atom. The monoisotopic (exact) mass is 170 g/mol. The molecule has 0 bridgehead atoms. The molecule has 3 nitrogen and oxygen atoms in total. The number of hydrogen-bond acceptors (Lipinski definition) is 3. The standard InChI is InChI=1S/C7H7ClN2O/c1-5(4-11)6-2-9-7(8)10-3-6/h2-5H,1H3. The van der Waals surface area contributed by atoms with Crippen LogP contribution < -0.4 is 0 Å². The Balaban J connectivity index is 2.89. The van der Waals surface area contributed by atoms with Gasteiger partial charge in [0, 0.05) is 18.3 Å². The first-order valence-electron chi connectivity index (χ1n) is 3.17. The minimum atomic E-state index is -0.160. The first-order chi connectivity index (χ1) is 5.24. The highest BCUT2D eigenvalue weighted by molar-refractivity contribution is 6.28. The third-order valence-electron chi connectivity index (χ3n) is 1.37. The molecule has 0 aliphatic carbocycles. The van der Waals surface area contributed by atoms with E-state index in [2.05, 4.69) is 9.97 Å². The van der Waals surface area contributed by atoms with Crippen LogP contribution in [0.25, 0.3) is 0 Å². The summed E-state index contributed by atoms with van der Waals surface area (Å²) in [6.45, 7) is 1.78. The molecule has 0 spiro atoms. The summed E-state index contributed by atoms with van der Waals surface area (Å²) in [4.78, 5) is 17.8. The van der Waals surface area contributed by atoms with Gasteiger partial charge in [-0.1, -0.05) is 6.92 Å². The Kier molecular flexibility index (Phi) is 2.54. The average Bonchev–Trinajstić information content (AvgIpc) is 2.05. The number of aromatic nitrogens is 2. The van der Waals surface area contributed by atoms with Crippen molar-refractivity contribution < 1.29 is 4.79 Å². The summed E-state index contributed by atoms with van der Waals surface area (Å²) < 4.78 is 0. The molecule has 1 aromatic heterocycles. The number of carbonyl (C=O) groups excluding carboxylic acids is 1. The summed E-state index contributed by atoms with van der Waals surface area (Å²) in [5, 5.41) is 0.201. The summed E-state index contributed by atoms with van der Waals surface area (Å²) in [6.07, 6.45) is 3.94. The third kappa shape index (κ3) is 1.98. The molecule has 0 amide bonds. The van der Waals surface area contributed by atoms with E-state index in [1.165, 1.54) is 0 Å². The SMILES string of the molecule is CC(C=O)c1cnc(Cl)nc1. The quantitative estimate of drug-likeness (QED) is 0.498. The molecule has 1 atom stereocenters. The molecular weight excluding hydrogens is 164 g/mol. The van der Waals surface area contributed by atoms with E-state index in [-0.39, 0.29) is 11.2 Å². The van der Waals surface area contributed by atoms with Gasteiger partial charge in [-0.2, -0.15) is 0 Å². The lowest BCUT2D eigenvalue weighted by molar-refractivity contribution is -0.108. The van der Waals surface area contributed by atoms with Crippen LogP contribution in [0, 0.1) is 0 Å². The predicted octanol–water partition coefficient (Wildman–Crippen LogP) is 1.43. The number of carbonyl (C=O) groups is 1. The molecule has 1 aromatic rings. The van der Waals surface area contributed by atoms with Crippen LogP contribution in [0.5, 0.6) is 0 Å². The number of rotatable bonds is 2. The minimum absolute atomic E-state index is 0.160. The van der Waals surface area contributed by atoms with Crippen LogP contribution in [-0.4, -0.2) is 16.3 Å². The molecule has 0 saturated heterocycles. The summed E-state index contributed by atoms with van der Waals surface area (Å²) in [7, 11) is 0. The summed E-state index contributed by atoms with van der Waals surface area (Å²) in [6, 6.07) is 0. The lowest BCUT2D eigenvalue weighted by Gasteiger charge is -2.00. The normalized spacial score (nSPS) is 12.5. The van der Waals surface area contributed by atoms with Crippen molar-refractivity contribution >= 4 is 17.9 Å². The molecule has 0 fully saturated rings. The highest BCUT2D eigenvalue weighted by atomic mass is 35.5. The minimum Gasteiger partial charge on any atom is -0.303 e. The predicted molar refractivity (Wildman–Crippen MR) is 41.5 cm³/mol. The Morgan fingerprint density at radius 1 is 1.55 bits per heavy atom. The van der Waals surface area contributed by atoms with Gasteiger partial charge in [0.1, 0.15) is 6.29 Å². The Labute approximate surface area is 69.4 Å². The zero-order valence-electron chi connectivity index (χ0n) is 5.99. The van der Waals surface area contributed by atoms with Crippen LogP contribution in [0.3, 0.4) is 0 Å². The molecule has 0 aliphatic rings. The van der Waals surface area contributed by atoms with Gasteiger partial charge in [0.2, 0.25) is 5.28 Å². The number of aldehydes is 1. The van der Waals surface area contributed by atoms with E-state index < -0.39 is 0 Å². The van der Waals surface area contributed by atoms with Gasteiger partial charge in [-0.3, -0.25) is 0 Å². The van der Waals surface area contributed by atoms with Crippen molar-refractivity contribution in [2.45, 2.75) is 12.8 Å². The summed E-state index contributed by atoms with van der Waals surface area (Å²) in [5.74, 6) is -0.160. The van der Waals surface area contributed by atoms with E-state index in [0.717, 1.165) is 11.8 Å². The van der Waals surface area contributed by atoms with Gasteiger partial charge in [0.05, 0.1) is 0 Å². The molecule has 0 saturated carbocycles. The van der Waals surface area contributed by atoms with Gasteiger partial charge in [-0.15, -0.1) is 0 Å². The van der Waals surface area contributed by atoms with Crippen LogP contribution in [-0.2, 0) is 4.79 Å². The maximum absolute atomic E-state index is 10.3. The lowest BCUT2D eigenvalue weighted by Crippen LogP contribution is -1.96. The molecule has 1 rings (SSSR count). The first kappa shape index (κ1) is 8.14. The van der Waals surface area contributed by atoms with Crippen LogP contribution in [0.1, 0.15) is 18.4 Å². The van der Waals surface area contributed by atoms with E-state index in [0.29, 0.717) is 0 Å². The zero-order chi connectivity index (χ0) is 8.27. The summed E-state index contributed by atoms with van der Waals surface area (Å²) >= 11 is 5.45. The Hall–Kier alpha value is -0.960. The Bertz CT molecular complexity index is 247. The molecule has 58 valence electrons. The third-order valence-corrected chi connectivity index (χ3v) is 1.57. The lowest BCUT2D eigenvalue weighted by atomic mass is 10.1. The highest BCUT2D eigenvalue weighted by Crippen LogP contribution is 2.10. The van der Waals surface area contributed by atoms with Crippen LogP contribution in [0.15, 0.2) is 12.4 Å². The van der Waals surface area contributed by atoms with Gasteiger partial charge in [0.25, 0.3) is 0 Å². The fourth-order valence-corrected chi connectivity index (χ4v) is 0.734. The van der Waals surface area contributed by atoms with Crippen molar-refractivity contribution in [3.05, 3.63) is 23.2 Å². The molecule has 11 heavy (non-hydrogen) atoms. The van der Waals surface area contributed by atoms with E-state index in [4.69, 9.17) is 11.6 Å². The van der Waals surface area contributed by atoms with Crippen LogP contribution >= 0.6 is 11.6 Å². The highest BCUT2D eigenvalue weighted by Gasteiger charge is 2.03. The number of hydrogen-bond donors (Lipinski definition) is 0. The van der Waals surface area contributed by atoms with Crippen molar-refractivity contribution in [2.75, 3.05) is 0 Å². The largest absolute Gasteiger partial charge is 0.303 e. The van der Waals surface area contributed by atoms with Gasteiger partial charge < -0.3 is 4.79 Å². The molecule has 1 heterocycles. The van der Waals surface area contributed by atoms with Crippen LogP contribution in [0.4, 0.5) is 0 Å². The van der Waals surface area contributed by atoms with Crippen molar-refractivity contribution in [1.82, 2.24) is 9.97 Å². The van der Waals surface area contributed by atoms with E-state index in [1.807, 2.05) is 0 Å². The van der Waals surface area contributed by atoms with Crippen LogP contribution in [0.2, 0.25) is 5.28 Å². The van der Waals surface area contributed by atoms with E-state index in [9.17, 15) is 4.79 Å².